The van der Waals surface area contributed by atoms with Crippen molar-refractivity contribution in [2.45, 2.75) is 6.42 Å². The highest BCUT2D eigenvalue weighted by Gasteiger charge is 2.25. The fourth-order valence-electron chi connectivity index (χ4n) is 2.11. The zero-order valence-corrected chi connectivity index (χ0v) is 10.2. The lowest BCUT2D eigenvalue weighted by atomic mass is 9.92. The van der Waals surface area contributed by atoms with Crippen LogP contribution >= 0.6 is 15.9 Å². The van der Waals surface area contributed by atoms with Crippen LogP contribution in [0.3, 0.4) is 0 Å². The number of nitrogens with zero attached hydrogens (tertiary/aromatic N) is 1. The minimum atomic E-state index is -0.219. The average Bonchev–Trinajstić information content (AvgIpc) is 2.15. The van der Waals surface area contributed by atoms with Crippen LogP contribution in [0.4, 0.5) is 4.39 Å². The summed E-state index contributed by atoms with van der Waals surface area (Å²) in [7, 11) is 0. The molecule has 0 radical (unpaired) electrons. The van der Waals surface area contributed by atoms with Crippen molar-refractivity contribution in [1.82, 2.24) is 4.90 Å². The van der Waals surface area contributed by atoms with Crippen LogP contribution in [0.5, 0.6) is 0 Å². The number of rotatable bonds is 4. The molecule has 0 amide bonds. The second-order valence-electron chi connectivity index (χ2n) is 4.15. The van der Waals surface area contributed by atoms with E-state index < -0.39 is 0 Å². The van der Waals surface area contributed by atoms with E-state index in [0.717, 1.165) is 24.0 Å². The van der Waals surface area contributed by atoms with Gasteiger partial charge < -0.3 is 4.90 Å². The number of likely N-dealkylation sites (tertiary alicyclic amines) is 1. The molecule has 1 saturated heterocycles. The summed E-state index contributed by atoms with van der Waals surface area (Å²) < 4.78 is 13.2. The van der Waals surface area contributed by atoms with E-state index in [1.807, 2.05) is 6.07 Å². The molecular formula is C12H15BrFN. The molecule has 0 saturated carbocycles. The molecule has 0 aromatic heterocycles. The second-order valence-corrected chi connectivity index (χ2v) is 5.06. The number of halogens is 2. The zero-order valence-electron chi connectivity index (χ0n) is 8.63. The van der Waals surface area contributed by atoms with Gasteiger partial charge in [0, 0.05) is 24.1 Å². The van der Waals surface area contributed by atoms with Gasteiger partial charge in [-0.25, -0.2) is 4.39 Å². The predicted octanol–water partition coefficient (Wildman–Crippen LogP) is 2.89. The quantitative estimate of drug-likeness (QED) is 0.814. The highest BCUT2D eigenvalue weighted by atomic mass is 79.9. The third-order valence-corrected chi connectivity index (χ3v) is 3.34. The molecule has 1 aromatic carbocycles. The van der Waals surface area contributed by atoms with E-state index in [9.17, 15) is 4.39 Å². The minimum Gasteiger partial charge on any atom is -0.300 e. The van der Waals surface area contributed by atoms with Crippen LogP contribution < -0.4 is 0 Å². The van der Waals surface area contributed by atoms with Crippen molar-refractivity contribution in [3.8, 4) is 0 Å². The van der Waals surface area contributed by atoms with E-state index in [4.69, 9.17) is 0 Å². The zero-order chi connectivity index (χ0) is 10.7. The molecule has 82 valence electrons. The third-order valence-electron chi connectivity index (χ3n) is 2.85. The first-order valence-corrected chi connectivity index (χ1v) is 6.10. The molecule has 1 heterocycles. The first-order chi connectivity index (χ1) is 7.28. The van der Waals surface area contributed by atoms with Crippen molar-refractivity contribution in [1.29, 1.82) is 0 Å². The van der Waals surface area contributed by atoms with E-state index in [1.165, 1.54) is 5.56 Å². The van der Waals surface area contributed by atoms with Gasteiger partial charge in [-0.05, 0) is 30.0 Å². The van der Waals surface area contributed by atoms with Crippen LogP contribution in [0.1, 0.15) is 5.56 Å². The Balaban J connectivity index is 1.80. The first kappa shape index (κ1) is 11.1. The molecule has 15 heavy (non-hydrogen) atoms. The maximum atomic E-state index is 12.0. The van der Waals surface area contributed by atoms with E-state index in [1.54, 1.807) is 0 Å². The summed E-state index contributed by atoms with van der Waals surface area (Å²) in [6.07, 6.45) is 1.11. The van der Waals surface area contributed by atoms with Crippen LogP contribution in [0.25, 0.3) is 0 Å². The number of benzene rings is 1. The SMILES string of the molecule is FCCN1CC(Cc2cccc(Br)c2)C1. The molecule has 1 aliphatic rings. The lowest BCUT2D eigenvalue weighted by Gasteiger charge is -2.38. The van der Waals surface area contributed by atoms with Crippen LogP contribution in [0.2, 0.25) is 0 Å². The van der Waals surface area contributed by atoms with Gasteiger partial charge in [0.15, 0.2) is 0 Å². The maximum Gasteiger partial charge on any atom is 0.102 e. The molecule has 0 unspecified atom stereocenters. The molecule has 3 heteroatoms. The summed E-state index contributed by atoms with van der Waals surface area (Å²) in [5, 5.41) is 0. The van der Waals surface area contributed by atoms with E-state index >= 15 is 0 Å². The highest BCUT2D eigenvalue weighted by Crippen LogP contribution is 2.21. The first-order valence-electron chi connectivity index (χ1n) is 5.30. The standard InChI is InChI=1S/C12H15BrFN/c13-12-3-1-2-10(7-12)6-11-8-15(9-11)5-4-14/h1-3,7,11H,4-6,8-9H2. The monoisotopic (exact) mass is 271 g/mol. The summed E-state index contributed by atoms with van der Waals surface area (Å²) in [5.41, 5.74) is 1.37. The van der Waals surface area contributed by atoms with Crippen molar-refractivity contribution >= 4 is 15.9 Å². The van der Waals surface area contributed by atoms with Gasteiger partial charge in [-0.2, -0.15) is 0 Å². The third kappa shape index (κ3) is 3.02. The van der Waals surface area contributed by atoms with Gasteiger partial charge in [-0.1, -0.05) is 28.1 Å². The smallest absolute Gasteiger partial charge is 0.102 e. The Morgan fingerprint density at radius 1 is 1.40 bits per heavy atom. The fraction of sp³-hybridized carbons (Fsp3) is 0.500. The number of hydrogen-bond donors (Lipinski definition) is 0. The van der Waals surface area contributed by atoms with Gasteiger partial charge in [0.05, 0.1) is 0 Å². The normalized spacial score (nSPS) is 17.7. The van der Waals surface area contributed by atoms with Gasteiger partial charge in [0.1, 0.15) is 6.67 Å². The molecular weight excluding hydrogens is 257 g/mol. The Bertz CT molecular complexity index is 323. The molecule has 1 aliphatic heterocycles. The van der Waals surface area contributed by atoms with Crippen molar-refractivity contribution < 1.29 is 4.39 Å². The molecule has 0 spiro atoms. The van der Waals surface area contributed by atoms with Gasteiger partial charge in [0.2, 0.25) is 0 Å². The predicted molar refractivity (Wildman–Crippen MR) is 63.8 cm³/mol. The van der Waals surface area contributed by atoms with Gasteiger partial charge in [-0.15, -0.1) is 0 Å². The molecule has 0 bridgehead atoms. The summed E-state index contributed by atoms with van der Waals surface area (Å²) in [6, 6.07) is 8.43. The van der Waals surface area contributed by atoms with E-state index in [2.05, 4.69) is 39.0 Å². The number of alkyl halides is 1. The molecule has 0 atom stereocenters. The molecule has 1 fully saturated rings. The molecule has 1 aromatic rings. The van der Waals surface area contributed by atoms with Crippen LogP contribution in [-0.4, -0.2) is 31.2 Å². The topological polar surface area (TPSA) is 3.24 Å². The summed E-state index contributed by atoms with van der Waals surface area (Å²) >= 11 is 3.47. The summed E-state index contributed by atoms with van der Waals surface area (Å²) in [4.78, 5) is 2.17. The molecule has 2 rings (SSSR count). The largest absolute Gasteiger partial charge is 0.300 e. The van der Waals surface area contributed by atoms with Crippen molar-refractivity contribution in [3.63, 3.8) is 0 Å². The second kappa shape index (κ2) is 5.08. The van der Waals surface area contributed by atoms with Crippen LogP contribution in [0, 0.1) is 5.92 Å². The Kier molecular flexibility index (Phi) is 3.76. The number of hydrogen-bond acceptors (Lipinski definition) is 1. The molecule has 0 aliphatic carbocycles. The Labute approximate surface area is 98.4 Å². The maximum absolute atomic E-state index is 12.0. The highest BCUT2D eigenvalue weighted by molar-refractivity contribution is 9.10. The minimum absolute atomic E-state index is 0.219. The van der Waals surface area contributed by atoms with Gasteiger partial charge >= 0.3 is 0 Å². The lowest BCUT2D eigenvalue weighted by molar-refractivity contribution is 0.0930. The fourth-order valence-corrected chi connectivity index (χ4v) is 2.55. The Morgan fingerprint density at radius 2 is 2.20 bits per heavy atom. The summed E-state index contributed by atoms with van der Waals surface area (Å²) in [5.74, 6) is 0.714. The van der Waals surface area contributed by atoms with Crippen LogP contribution in [-0.2, 0) is 6.42 Å². The van der Waals surface area contributed by atoms with Crippen molar-refractivity contribution in [3.05, 3.63) is 34.3 Å². The van der Waals surface area contributed by atoms with Crippen molar-refractivity contribution in [2.24, 2.45) is 5.92 Å². The lowest BCUT2D eigenvalue weighted by Crippen LogP contribution is -2.48. The van der Waals surface area contributed by atoms with E-state index in [-0.39, 0.29) is 6.67 Å². The van der Waals surface area contributed by atoms with Gasteiger partial charge in [0.25, 0.3) is 0 Å². The Hall–Kier alpha value is -0.410. The average molecular weight is 272 g/mol. The molecule has 1 nitrogen and oxygen atoms in total. The van der Waals surface area contributed by atoms with E-state index in [0.29, 0.717) is 12.5 Å². The van der Waals surface area contributed by atoms with Crippen LogP contribution in [0.15, 0.2) is 28.7 Å². The van der Waals surface area contributed by atoms with Crippen molar-refractivity contribution in [2.75, 3.05) is 26.3 Å². The summed E-state index contributed by atoms with van der Waals surface area (Å²) in [6.45, 7) is 2.49. The Morgan fingerprint density at radius 3 is 2.87 bits per heavy atom. The van der Waals surface area contributed by atoms with Gasteiger partial charge in [-0.3, -0.25) is 0 Å². The molecule has 0 N–H and O–H groups in total.